The minimum atomic E-state index is -0.0907. The van der Waals surface area contributed by atoms with E-state index in [4.69, 9.17) is 11.6 Å². The van der Waals surface area contributed by atoms with Crippen LogP contribution in [0.25, 0.3) is 0 Å². The number of halogens is 1. The summed E-state index contributed by atoms with van der Waals surface area (Å²) in [6.07, 6.45) is 5.85. The van der Waals surface area contributed by atoms with Crippen molar-refractivity contribution in [2.75, 3.05) is 25.0 Å². The monoisotopic (exact) mass is 372 g/mol. The van der Waals surface area contributed by atoms with Crippen molar-refractivity contribution in [3.05, 3.63) is 59.4 Å². The first-order valence-corrected chi connectivity index (χ1v) is 9.48. The standard InChI is InChI=1S/C20H25ClN4O/c1-2-24-13-3-4-19(24)15-25(14-16-9-11-22-12-10-16)20(26)23-18-7-5-17(21)6-8-18/h5-12,19H,2-4,13-15H2,1H3,(H,23,26)/t19-/m0/s1. The van der Waals surface area contributed by atoms with Gasteiger partial charge in [0, 0.05) is 42.2 Å². The van der Waals surface area contributed by atoms with E-state index < -0.39 is 0 Å². The van der Waals surface area contributed by atoms with E-state index >= 15 is 0 Å². The van der Waals surface area contributed by atoms with Gasteiger partial charge in [0.15, 0.2) is 0 Å². The number of carbonyl (C=O) groups is 1. The first-order valence-electron chi connectivity index (χ1n) is 9.10. The van der Waals surface area contributed by atoms with Gasteiger partial charge in [0.2, 0.25) is 0 Å². The summed E-state index contributed by atoms with van der Waals surface area (Å²) in [6, 6.07) is 11.4. The van der Waals surface area contributed by atoms with Crippen molar-refractivity contribution in [2.24, 2.45) is 0 Å². The number of amides is 2. The zero-order valence-corrected chi connectivity index (χ0v) is 15.8. The highest BCUT2D eigenvalue weighted by Crippen LogP contribution is 2.20. The Morgan fingerprint density at radius 2 is 2.00 bits per heavy atom. The number of hydrogen-bond donors (Lipinski definition) is 1. The normalized spacial score (nSPS) is 17.2. The molecule has 1 fully saturated rings. The van der Waals surface area contributed by atoms with Crippen LogP contribution in [0.4, 0.5) is 10.5 Å². The summed E-state index contributed by atoms with van der Waals surface area (Å²) in [7, 11) is 0. The quantitative estimate of drug-likeness (QED) is 0.824. The van der Waals surface area contributed by atoms with E-state index in [1.54, 1.807) is 24.5 Å². The number of urea groups is 1. The number of nitrogens with zero attached hydrogens (tertiary/aromatic N) is 3. The maximum atomic E-state index is 12.9. The summed E-state index contributed by atoms with van der Waals surface area (Å²) >= 11 is 5.93. The number of anilines is 1. The molecule has 138 valence electrons. The molecule has 1 N–H and O–H groups in total. The van der Waals surface area contributed by atoms with Crippen LogP contribution >= 0.6 is 11.6 Å². The van der Waals surface area contributed by atoms with Crippen molar-refractivity contribution in [1.29, 1.82) is 0 Å². The molecule has 1 saturated heterocycles. The molecule has 1 aliphatic rings. The van der Waals surface area contributed by atoms with Gasteiger partial charge in [-0.25, -0.2) is 4.79 Å². The number of pyridine rings is 1. The summed E-state index contributed by atoms with van der Waals surface area (Å²) in [5, 5.41) is 3.64. The van der Waals surface area contributed by atoms with Crippen LogP contribution < -0.4 is 5.32 Å². The van der Waals surface area contributed by atoms with Gasteiger partial charge in [-0.2, -0.15) is 0 Å². The van der Waals surface area contributed by atoms with Gasteiger partial charge < -0.3 is 10.2 Å². The topological polar surface area (TPSA) is 48.5 Å². The zero-order chi connectivity index (χ0) is 18.4. The minimum Gasteiger partial charge on any atom is -0.319 e. The van der Waals surface area contributed by atoms with Crippen molar-refractivity contribution < 1.29 is 4.79 Å². The Balaban J connectivity index is 1.72. The lowest BCUT2D eigenvalue weighted by molar-refractivity contribution is 0.175. The van der Waals surface area contributed by atoms with Crippen LogP contribution in [-0.2, 0) is 6.54 Å². The van der Waals surface area contributed by atoms with Crippen molar-refractivity contribution in [3.63, 3.8) is 0 Å². The Bertz CT molecular complexity index is 708. The third-order valence-corrected chi connectivity index (χ3v) is 5.09. The summed E-state index contributed by atoms with van der Waals surface area (Å²) in [5.74, 6) is 0. The van der Waals surface area contributed by atoms with Gasteiger partial charge in [-0.15, -0.1) is 0 Å². The highest BCUT2D eigenvalue weighted by Gasteiger charge is 2.27. The zero-order valence-electron chi connectivity index (χ0n) is 15.1. The van der Waals surface area contributed by atoms with E-state index in [-0.39, 0.29) is 6.03 Å². The molecule has 26 heavy (non-hydrogen) atoms. The first kappa shape index (κ1) is 18.7. The molecule has 6 heteroatoms. The largest absolute Gasteiger partial charge is 0.322 e. The molecule has 2 heterocycles. The van der Waals surface area contributed by atoms with Crippen LogP contribution in [-0.4, -0.2) is 46.5 Å². The number of likely N-dealkylation sites (tertiary alicyclic amines) is 1. The molecule has 0 radical (unpaired) electrons. The second kappa shape index (κ2) is 9.01. The Kier molecular flexibility index (Phi) is 6.47. The lowest BCUT2D eigenvalue weighted by Gasteiger charge is -2.30. The van der Waals surface area contributed by atoms with Crippen LogP contribution in [0.2, 0.25) is 5.02 Å². The Labute approximate surface area is 160 Å². The summed E-state index contributed by atoms with van der Waals surface area (Å²) in [4.78, 5) is 21.3. The van der Waals surface area contributed by atoms with Crippen LogP contribution in [0.1, 0.15) is 25.3 Å². The fraction of sp³-hybridized carbons (Fsp3) is 0.400. The second-order valence-electron chi connectivity index (χ2n) is 6.60. The molecule has 0 aliphatic carbocycles. The minimum absolute atomic E-state index is 0.0907. The first-order chi connectivity index (χ1) is 12.7. The number of hydrogen-bond acceptors (Lipinski definition) is 3. The van der Waals surface area contributed by atoms with Gasteiger partial charge in [-0.3, -0.25) is 9.88 Å². The summed E-state index contributed by atoms with van der Waals surface area (Å²) < 4.78 is 0. The molecule has 2 amide bonds. The van der Waals surface area contributed by atoms with Gasteiger partial charge >= 0.3 is 6.03 Å². The Morgan fingerprint density at radius 1 is 1.27 bits per heavy atom. The van der Waals surface area contributed by atoms with Crippen LogP contribution in [0, 0.1) is 0 Å². The third-order valence-electron chi connectivity index (χ3n) is 4.84. The number of aromatic nitrogens is 1. The van der Waals surface area contributed by atoms with E-state index in [0.717, 1.165) is 37.3 Å². The molecule has 0 spiro atoms. The van der Waals surface area contributed by atoms with E-state index in [2.05, 4.69) is 22.1 Å². The highest BCUT2D eigenvalue weighted by molar-refractivity contribution is 6.30. The maximum absolute atomic E-state index is 12.9. The van der Waals surface area contributed by atoms with Gasteiger partial charge in [0.1, 0.15) is 0 Å². The van der Waals surface area contributed by atoms with Gasteiger partial charge in [0.25, 0.3) is 0 Å². The number of benzene rings is 1. The lowest BCUT2D eigenvalue weighted by Crippen LogP contribution is -2.44. The Hall–Kier alpha value is -2.11. The molecule has 1 aliphatic heterocycles. The predicted octanol–water partition coefficient (Wildman–Crippen LogP) is 4.25. The van der Waals surface area contributed by atoms with Crippen molar-refractivity contribution in [3.8, 4) is 0 Å². The molecule has 1 atom stereocenters. The molecule has 2 aromatic rings. The number of likely N-dealkylation sites (N-methyl/N-ethyl adjacent to an activating group) is 1. The Morgan fingerprint density at radius 3 is 2.69 bits per heavy atom. The molecular formula is C20H25ClN4O. The molecule has 0 bridgehead atoms. The molecule has 0 saturated carbocycles. The average Bonchev–Trinajstić information content (AvgIpc) is 3.11. The lowest BCUT2D eigenvalue weighted by atomic mass is 10.2. The molecule has 3 rings (SSSR count). The molecule has 1 aromatic carbocycles. The second-order valence-corrected chi connectivity index (χ2v) is 7.03. The summed E-state index contributed by atoms with van der Waals surface area (Å²) in [5.41, 5.74) is 1.82. The van der Waals surface area contributed by atoms with E-state index in [1.165, 1.54) is 6.42 Å². The average molecular weight is 373 g/mol. The van der Waals surface area contributed by atoms with E-state index in [9.17, 15) is 4.79 Å². The number of carbonyl (C=O) groups excluding carboxylic acids is 1. The molecule has 0 unspecified atom stereocenters. The van der Waals surface area contributed by atoms with Gasteiger partial charge in [-0.05, 0) is 67.9 Å². The SMILES string of the molecule is CCN1CCC[C@H]1CN(Cc1ccncc1)C(=O)Nc1ccc(Cl)cc1. The smallest absolute Gasteiger partial charge is 0.319 e. The number of rotatable bonds is 6. The van der Waals surface area contributed by atoms with Crippen molar-refractivity contribution >= 4 is 23.3 Å². The van der Waals surface area contributed by atoms with E-state index in [0.29, 0.717) is 17.6 Å². The van der Waals surface area contributed by atoms with Crippen LogP contribution in [0.3, 0.4) is 0 Å². The summed E-state index contributed by atoms with van der Waals surface area (Å²) in [6.45, 7) is 5.60. The molecular weight excluding hydrogens is 348 g/mol. The van der Waals surface area contributed by atoms with Crippen LogP contribution in [0.5, 0.6) is 0 Å². The maximum Gasteiger partial charge on any atom is 0.322 e. The van der Waals surface area contributed by atoms with Crippen molar-refractivity contribution in [2.45, 2.75) is 32.4 Å². The van der Waals surface area contributed by atoms with Gasteiger partial charge in [-0.1, -0.05) is 18.5 Å². The van der Waals surface area contributed by atoms with E-state index in [1.807, 2.05) is 29.2 Å². The van der Waals surface area contributed by atoms with Gasteiger partial charge in [0.05, 0.1) is 0 Å². The number of nitrogens with one attached hydrogen (secondary N) is 1. The molecule has 1 aromatic heterocycles. The van der Waals surface area contributed by atoms with Crippen LogP contribution in [0.15, 0.2) is 48.8 Å². The fourth-order valence-electron chi connectivity index (χ4n) is 3.44. The highest BCUT2D eigenvalue weighted by atomic mass is 35.5. The molecule has 5 nitrogen and oxygen atoms in total. The third kappa shape index (κ3) is 4.96. The predicted molar refractivity (Wildman–Crippen MR) is 105 cm³/mol. The van der Waals surface area contributed by atoms with Crippen molar-refractivity contribution in [1.82, 2.24) is 14.8 Å². The fourth-order valence-corrected chi connectivity index (χ4v) is 3.56.